The summed E-state index contributed by atoms with van der Waals surface area (Å²) in [6.07, 6.45) is 0. The van der Waals surface area contributed by atoms with Crippen LogP contribution < -0.4 is 11.1 Å². The van der Waals surface area contributed by atoms with E-state index in [1.54, 1.807) is 30.5 Å². The Balaban J connectivity index is 1.97. The van der Waals surface area contributed by atoms with Crippen LogP contribution in [0.4, 0.5) is 0 Å². The largest absolute Gasteiger partial charge is 0.366 e. The predicted molar refractivity (Wildman–Crippen MR) is 93.5 cm³/mol. The van der Waals surface area contributed by atoms with Crippen LogP contribution in [0.1, 0.15) is 26.6 Å². The number of nitrogens with two attached hydrogens (primary N) is 1. The van der Waals surface area contributed by atoms with Crippen LogP contribution in [-0.2, 0) is 13.1 Å². The number of hydrogen-bond acceptors (Lipinski definition) is 4. The van der Waals surface area contributed by atoms with Gasteiger partial charge >= 0.3 is 0 Å². The molecule has 0 aliphatic heterocycles. The first-order valence-electron chi connectivity index (χ1n) is 7.21. The number of nitrogens with one attached hydrogen (secondary N) is 1. The number of carbonyl (C=O) groups excluding carboxylic acids is 1. The van der Waals surface area contributed by atoms with E-state index in [1.807, 2.05) is 31.0 Å². The van der Waals surface area contributed by atoms with Gasteiger partial charge in [0.15, 0.2) is 5.96 Å². The van der Waals surface area contributed by atoms with Crippen LogP contribution in [0, 0.1) is 6.92 Å². The third kappa shape index (κ3) is 4.79. The van der Waals surface area contributed by atoms with Crippen molar-refractivity contribution in [3.05, 3.63) is 51.5 Å². The monoisotopic (exact) mass is 331 g/mol. The highest BCUT2D eigenvalue weighted by atomic mass is 32.1. The number of guanidine groups is 1. The molecule has 1 heterocycles. The molecule has 0 radical (unpaired) electrons. The van der Waals surface area contributed by atoms with Crippen molar-refractivity contribution >= 4 is 23.2 Å². The van der Waals surface area contributed by atoms with Crippen molar-refractivity contribution in [2.24, 2.45) is 10.7 Å². The summed E-state index contributed by atoms with van der Waals surface area (Å²) in [4.78, 5) is 22.0. The molecule has 2 aromatic rings. The standard InChI is InChI=1S/C16H21N5OS/c1-11-20-14(10-23-11)9-21(3)16(18-2)19-8-12-5-4-6-13(7-12)15(17)22/h4-7,10H,8-9H2,1-3H3,(H2,17,22)(H,18,19). The topological polar surface area (TPSA) is 83.6 Å². The fourth-order valence-corrected chi connectivity index (χ4v) is 2.80. The first-order chi connectivity index (χ1) is 11.0. The van der Waals surface area contributed by atoms with E-state index in [0.717, 1.165) is 22.2 Å². The molecular formula is C16H21N5OS. The normalized spacial score (nSPS) is 11.3. The van der Waals surface area contributed by atoms with Crippen molar-refractivity contribution in [1.82, 2.24) is 15.2 Å². The van der Waals surface area contributed by atoms with Crippen molar-refractivity contribution in [1.29, 1.82) is 0 Å². The quantitative estimate of drug-likeness (QED) is 0.646. The summed E-state index contributed by atoms with van der Waals surface area (Å²) in [5.41, 5.74) is 7.80. The number of primary amides is 1. The number of aromatic nitrogens is 1. The smallest absolute Gasteiger partial charge is 0.248 e. The molecule has 0 saturated carbocycles. The number of benzene rings is 1. The lowest BCUT2D eigenvalue weighted by molar-refractivity contribution is 0.1000. The first kappa shape index (κ1) is 17.0. The predicted octanol–water partition coefficient (Wildman–Crippen LogP) is 1.76. The zero-order valence-corrected chi connectivity index (χ0v) is 14.4. The minimum Gasteiger partial charge on any atom is -0.366 e. The van der Waals surface area contributed by atoms with E-state index in [9.17, 15) is 4.79 Å². The zero-order chi connectivity index (χ0) is 16.8. The summed E-state index contributed by atoms with van der Waals surface area (Å²) >= 11 is 1.64. The minimum absolute atomic E-state index is 0.424. The number of aryl methyl sites for hydroxylation is 1. The van der Waals surface area contributed by atoms with E-state index in [-0.39, 0.29) is 0 Å². The summed E-state index contributed by atoms with van der Waals surface area (Å²) in [5, 5.41) is 6.38. The Morgan fingerprint density at radius 1 is 1.48 bits per heavy atom. The van der Waals surface area contributed by atoms with Crippen molar-refractivity contribution in [2.45, 2.75) is 20.0 Å². The minimum atomic E-state index is -0.424. The molecule has 0 spiro atoms. The summed E-state index contributed by atoms with van der Waals surface area (Å²) in [7, 11) is 3.70. The number of hydrogen-bond donors (Lipinski definition) is 2. The molecule has 7 heteroatoms. The molecule has 23 heavy (non-hydrogen) atoms. The van der Waals surface area contributed by atoms with Gasteiger partial charge in [-0.1, -0.05) is 12.1 Å². The molecular weight excluding hydrogens is 310 g/mol. The maximum absolute atomic E-state index is 11.2. The number of nitrogens with zero attached hydrogens (tertiary/aromatic N) is 3. The Bertz CT molecular complexity index is 710. The van der Waals surface area contributed by atoms with Gasteiger partial charge < -0.3 is 16.0 Å². The van der Waals surface area contributed by atoms with Gasteiger partial charge in [-0.2, -0.15) is 0 Å². The number of amides is 1. The number of aliphatic imine (C=N–C) groups is 1. The average molecular weight is 331 g/mol. The van der Waals surface area contributed by atoms with Crippen molar-refractivity contribution in [3.63, 3.8) is 0 Å². The van der Waals surface area contributed by atoms with Gasteiger partial charge in [-0.25, -0.2) is 4.98 Å². The summed E-state index contributed by atoms with van der Waals surface area (Å²) in [6.45, 7) is 3.24. The molecule has 0 bridgehead atoms. The van der Waals surface area contributed by atoms with E-state index < -0.39 is 5.91 Å². The van der Waals surface area contributed by atoms with Gasteiger partial charge in [0.25, 0.3) is 0 Å². The van der Waals surface area contributed by atoms with Gasteiger partial charge in [-0.3, -0.25) is 9.79 Å². The van der Waals surface area contributed by atoms with Crippen LogP contribution >= 0.6 is 11.3 Å². The van der Waals surface area contributed by atoms with Crippen LogP contribution in [0.25, 0.3) is 0 Å². The van der Waals surface area contributed by atoms with Crippen molar-refractivity contribution in [3.8, 4) is 0 Å². The molecule has 122 valence electrons. The molecule has 2 rings (SSSR count). The maximum Gasteiger partial charge on any atom is 0.248 e. The Kier molecular flexibility index (Phi) is 5.70. The number of carbonyl (C=O) groups is 1. The third-order valence-electron chi connectivity index (χ3n) is 3.30. The number of rotatable bonds is 5. The van der Waals surface area contributed by atoms with Gasteiger partial charge in [0.05, 0.1) is 17.2 Å². The molecule has 0 aliphatic rings. The highest BCUT2D eigenvalue weighted by Crippen LogP contribution is 2.10. The van der Waals surface area contributed by atoms with Crippen LogP contribution in [-0.4, -0.2) is 35.8 Å². The molecule has 6 nitrogen and oxygen atoms in total. The van der Waals surface area contributed by atoms with Crippen LogP contribution in [0.15, 0.2) is 34.6 Å². The molecule has 0 unspecified atom stereocenters. The van der Waals surface area contributed by atoms with E-state index in [0.29, 0.717) is 18.7 Å². The second kappa shape index (κ2) is 7.73. The first-order valence-corrected chi connectivity index (χ1v) is 8.09. The van der Waals surface area contributed by atoms with Gasteiger partial charge in [-0.05, 0) is 24.6 Å². The maximum atomic E-state index is 11.2. The molecule has 3 N–H and O–H groups in total. The average Bonchev–Trinajstić information content (AvgIpc) is 2.93. The highest BCUT2D eigenvalue weighted by Gasteiger charge is 2.09. The van der Waals surface area contributed by atoms with Crippen molar-refractivity contribution < 1.29 is 4.79 Å². The lowest BCUT2D eigenvalue weighted by atomic mass is 10.1. The Morgan fingerprint density at radius 2 is 2.26 bits per heavy atom. The lowest BCUT2D eigenvalue weighted by Crippen LogP contribution is -2.38. The van der Waals surface area contributed by atoms with E-state index in [4.69, 9.17) is 5.73 Å². The van der Waals surface area contributed by atoms with Gasteiger partial charge in [-0.15, -0.1) is 11.3 Å². The Morgan fingerprint density at radius 3 is 2.87 bits per heavy atom. The van der Waals surface area contributed by atoms with Gasteiger partial charge in [0, 0.05) is 31.6 Å². The second-order valence-corrected chi connectivity index (χ2v) is 6.24. The molecule has 1 aromatic heterocycles. The Labute approximate surface area is 140 Å². The molecule has 1 aromatic carbocycles. The van der Waals surface area contributed by atoms with Gasteiger partial charge in [0.1, 0.15) is 0 Å². The number of thiazole rings is 1. The molecule has 1 amide bonds. The Hall–Kier alpha value is -2.41. The van der Waals surface area contributed by atoms with E-state index in [1.165, 1.54) is 0 Å². The van der Waals surface area contributed by atoms with Gasteiger partial charge in [0.2, 0.25) is 5.91 Å². The van der Waals surface area contributed by atoms with Crippen LogP contribution in [0.3, 0.4) is 0 Å². The summed E-state index contributed by atoms with van der Waals surface area (Å²) in [6, 6.07) is 7.25. The second-order valence-electron chi connectivity index (χ2n) is 5.18. The zero-order valence-electron chi connectivity index (χ0n) is 13.5. The fraction of sp³-hybridized carbons (Fsp3) is 0.312. The molecule has 0 saturated heterocycles. The van der Waals surface area contributed by atoms with E-state index >= 15 is 0 Å². The molecule has 0 atom stereocenters. The molecule has 0 fully saturated rings. The summed E-state index contributed by atoms with van der Waals surface area (Å²) < 4.78 is 0. The molecule has 0 aliphatic carbocycles. The van der Waals surface area contributed by atoms with Crippen LogP contribution in [0.2, 0.25) is 0 Å². The third-order valence-corrected chi connectivity index (χ3v) is 4.12. The summed E-state index contributed by atoms with van der Waals surface area (Å²) in [5.74, 6) is 0.340. The highest BCUT2D eigenvalue weighted by molar-refractivity contribution is 7.09. The fourth-order valence-electron chi connectivity index (χ4n) is 2.20. The van der Waals surface area contributed by atoms with Crippen LogP contribution in [0.5, 0.6) is 0 Å². The van der Waals surface area contributed by atoms with Crippen molar-refractivity contribution in [2.75, 3.05) is 14.1 Å². The lowest BCUT2D eigenvalue weighted by Gasteiger charge is -2.21. The SMILES string of the molecule is CN=C(NCc1cccc(C(N)=O)c1)N(C)Cc1csc(C)n1. The van der Waals surface area contributed by atoms with E-state index in [2.05, 4.69) is 20.7 Å².